The van der Waals surface area contributed by atoms with Gasteiger partial charge in [-0.05, 0) is 36.4 Å². The van der Waals surface area contributed by atoms with Crippen LogP contribution in [0.4, 0.5) is 0 Å². The Labute approximate surface area is 170 Å². The number of nitrogens with zero attached hydrogens (tertiary/aromatic N) is 6. The van der Waals surface area contributed by atoms with Crippen molar-refractivity contribution in [3.05, 3.63) is 73.4 Å². The minimum absolute atomic E-state index is 0.665. The zero-order chi connectivity index (χ0) is 19.9. The van der Waals surface area contributed by atoms with E-state index in [-0.39, 0.29) is 0 Å². The van der Waals surface area contributed by atoms with Gasteiger partial charge in [0.1, 0.15) is 11.2 Å². The highest BCUT2D eigenvalue weighted by Gasteiger charge is 2.16. The van der Waals surface area contributed by atoms with E-state index in [4.69, 9.17) is 4.98 Å². The standard InChI is InChI=1S/C22H14N8/c1-2-7-24-15(3-1)17-11-14-18(12-26-17)29-30-20(14)22-27-16-6-10-25-19(21(16)28-22)13-4-8-23-9-5-13/h1-12H,(H,27,28)(H,29,30). The lowest BCUT2D eigenvalue weighted by atomic mass is 10.1. The average Bonchev–Trinajstić information content (AvgIpc) is 3.43. The first-order valence-electron chi connectivity index (χ1n) is 9.38. The molecule has 6 rings (SSSR count). The minimum Gasteiger partial charge on any atom is -0.336 e. The van der Waals surface area contributed by atoms with Gasteiger partial charge in [0, 0.05) is 35.7 Å². The summed E-state index contributed by atoms with van der Waals surface area (Å²) in [6.45, 7) is 0. The number of imidazole rings is 1. The van der Waals surface area contributed by atoms with Crippen LogP contribution in [0.15, 0.2) is 73.4 Å². The highest BCUT2D eigenvalue weighted by molar-refractivity contribution is 5.96. The highest BCUT2D eigenvalue weighted by atomic mass is 15.1. The van der Waals surface area contributed by atoms with Crippen molar-refractivity contribution in [3.63, 3.8) is 0 Å². The molecule has 0 radical (unpaired) electrons. The SMILES string of the molecule is c1ccc(-c2cc3c(-c4nc5c(-c6ccncc6)nccc5[nH]4)n[nH]c3cn2)nc1. The van der Waals surface area contributed by atoms with E-state index in [1.54, 1.807) is 31.0 Å². The van der Waals surface area contributed by atoms with Crippen LogP contribution < -0.4 is 0 Å². The number of aromatic nitrogens is 8. The van der Waals surface area contributed by atoms with Gasteiger partial charge in [0.2, 0.25) is 0 Å². The molecule has 0 bridgehead atoms. The van der Waals surface area contributed by atoms with Crippen molar-refractivity contribution in [3.8, 4) is 34.2 Å². The number of rotatable bonds is 3. The summed E-state index contributed by atoms with van der Waals surface area (Å²) < 4.78 is 0. The number of fused-ring (bicyclic) bond motifs is 2. The zero-order valence-electron chi connectivity index (χ0n) is 15.6. The summed E-state index contributed by atoms with van der Waals surface area (Å²) in [5.41, 5.74) is 6.58. The second kappa shape index (κ2) is 6.56. The molecule has 0 spiro atoms. The van der Waals surface area contributed by atoms with Gasteiger partial charge < -0.3 is 4.98 Å². The van der Waals surface area contributed by atoms with Gasteiger partial charge >= 0.3 is 0 Å². The molecule has 30 heavy (non-hydrogen) atoms. The van der Waals surface area contributed by atoms with Gasteiger partial charge in [-0.25, -0.2) is 4.98 Å². The molecule has 0 fully saturated rings. The second-order valence-electron chi connectivity index (χ2n) is 6.78. The molecule has 0 aliphatic carbocycles. The van der Waals surface area contributed by atoms with Crippen LogP contribution in [0.3, 0.4) is 0 Å². The van der Waals surface area contributed by atoms with Crippen LogP contribution >= 0.6 is 0 Å². The molecule has 6 heterocycles. The first-order valence-corrected chi connectivity index (χ1v) is 9.38. The molecule has 142 valence electrons. The maximum Gasteiger partial charge on any atom is 0.159 e. The summed E-state index contributed by atoms with van der Waals surface area (Å²) in [6.07, 6.45) is 8.78. The predicted molar refractivity (Wildman–Crippen MR) is 113 cm³/mol. The summed E-state index contributed by atoms with van der Waals surface area (Å²) in [6, 6.07) is 13.5. The summed E-state index contributed by atoms with van der Waals surface area (Å²) in [5.74, 6) is 0.665. The van der Waals surface area contributed by atoms with E-state index < -0.39 is 0 Å². The van der Waals surface area contributed by atoms with Crippen LogP contribution in [-0.4, -0.2) is 40.1 Å². The van der Waals surface area contributed by atoms with Crippen molar-refractivity contribution < 1.29 is 0 Å². The molecule has 8 nitrogen and oxygen atoms in total. The summed E-state index contributed by atoms with van der Waals surface area (Å²) >= 11 is 0. The lowest BCUT2D eigenvalue weighted by Gasteiger charge is -2.00. The third-order valence-corrected chi connectivity index (χ3v) is 4.95. The Morgan fingerprint density at radius 1 is 0.733 bits per heavy atom. The van der Waals surface area contributed by atoms with Gasteiger partial charge in [-0.2, -0.15) is 5.10 Å². The van der Waals surface area contributed by atoms with Gasteiger partial charge in [0.15, 0.2) is 5.82 Å². The van der Waals surface area contributed by atoms with Crippen LogP contribution in [0.1, 0.15) is 0 Å². The zero-order valence-corrected chi connectivity index (χ0v) is 15.6. The maximum atomic E-state index is 4.83. The Bertz CT molecular complexity index is 1490. The molecule has 0 atom stereocenters. The van der Waals surface area contributed by atoms with E-state index in [0.717, 1.165) is 50.3 Å². The van der Waals surface area contributed by atoms with E-state index >= 15 is 0 Å². The minimum atomic E-state index is 0.665. The monoisotopic (exact) mass is 390 g/mol. The van der Waals surface area contributed by atoms with Crippen LogP contribution in [-0.2, 0) is 0 Å². The molecule has 6 aromatic heterocycles. The molecule has 6 aromatic rings. The number of nitrogens with one attached hydrogen (secondary N) is 2. The highest BCUT2D eigenvalue weighted by Crippen LogP contribution is 2.31. The van der Waals surface area contributed by atoms with Crippen molar-refractivity contribution in [2.24, 2.45) is 0 Å². The summed E-state index contributed by atoms with van der Waals surface area (Å²) in [4.78, 5) is 25.7. The lowest BCUT2D eigenvalue weighted by Crippen LogP contribution is -1.87. The fourth-order valence-corrected chi connectivity index (χ4v) is 3.52. The van der Waals surface area contributed by atoms with Crippen molar-refractivity contribution in [2.45, 2.75) is 0 Å². The first-order chi connectivity index (χ1) is 14.9. The summed E-state index contributed by atoms with van der Waals surface area (Å²) in [5, 5.41) is 8.45. The normalized spacial score (nSPS) is 11.3. The fourth-order valence-electron chi connectivity index (χ4n) is 3.52. The van der Waals surface area contributed by atoms with Crippen molar-refractivity contribution in [1.82, 2.24) is 40.1 Å². The van der Waals surface area contributed by atoms with Crippen molar-refractivity contribution in [2.75, 3.05) is 0 Å². The summed E-state index contributed by atoms with van der Waals surface area (Å²) in [7, 11) is 0. The predicted octanol–water partition coefficient (Wildman–Crippen LogP) is 4.02. The van der Waals surface area contributed by atoms with Crippen LogP contribution in [0.2, 0.25) is 0 Å². The third kappa shape index (κ3) is 2.62. The van der Waals surface area contributed by atoms with Gasteiger partial charge in [-0.3, -0.25) is 25.0 Å². The van der Waals surface area contributed by atoms with Crippen LogP contribution in [0.5, 0.6) is 0 Å². The van der Waals surface area contributed by atoms with E-state index in [0.29, 0.717) is 5.82 Å². The lowest BCUT2D eigenvalue weighted by molar-refractivity contribution is 1.10. The van der Waals surface area contributed by atoms with E-state index in [9.17, 15) is 0 Å². The van der Waals surface area contributed by atoms with Crippen molar-refractivity contribution in [1.29, 1.82) is 0 Å². The molecular weight excluding hydrogens is 376 g/mol. The Morgan fingerprint density at radius 2 is 1.67 bits per heavy atom. The van der Waals surface area contributed by atoms with Gasteiger partial charge in [0.25, 0.3) is 0 Å². The first kappa shape index (κ1) is 16.5. The molecule has 0 saturated heterocycles. The maximum absolute atomic E-state index is 4.83. The smallest absolute Gasteiger partial charge is 0.159 e. The Balaban J connectivity index is 1.52. The molecule has 0 aromatic carbocycles. The second-order valence-corrected chi connectivity index (χ2v) is 6.78. The molecule has 0 aliphatic rings. The van der Waals surface area contributed by atoms with Gasteiger partial charge in [-0.1, -0.05) is 6.07 Å². The molecule has 0 aliphatic heterocycles. The van der Waals surface area contributed by atoms with Gasteiger partial charge in [-0.15, -0.1) is 0 Å². The molecule has 0 amide bonds. The largest absolute Gasteiger partial charge is 0.336 e. The average molecular weight is 390 g/mol. The van der Waals surface area contributed by atoms with Crippen molar-refractivity contribution >= 4 is 21.9 Å². The quantitative estimate of drug-likeness (QED) is 0.472. The van der Waals surface area contributed by atoms with E-state index in [2.05, 4.69) is 35.1 Å². The molecule has 0 unspecified atom stereocenters. The number of hydrogen-bond donors (Lipinski definition) is 2. The Hall–Kier alpha value is -4.46. The topological polar surface area (TPSA) is 109 Å². The third-order valence-electron chi connectivity index (χ3n) is 4.95. The molecule has 0 saturated carbocycles. The fraction of sp³-hybridized carbons (Fsp3) is 0. The Kier molecular flexibility index (Phi) is 3.60. The molecular formula is C22H14N8. The van der Waals surface area contributed by atoms with Gasteiger partial charge in [0.05, 0.1) is 34.3 Å². The molecule has 8 heteroatoms. The van der Waals surface area contributed by atoms with E-state index in [1.807, 2.05) is 42.5 Å². The molecule has 2 N–H and O–H groups in total. The van der Waals surface area contributed by atoms with E-state index in [1.165, 1.54) is 0 Å². The number of pyridine rings is 4. The van der Waals surface area contributed by atoms with Crippen LogP contribution in [0.25, 0.3) is 56.1 Å². The number of hydrogen-bond acceptors (Lipinski definition) is 6. The number of aromatic amines is 2. The Morgan fingerprint density at radius 3 is 2.53 bits per heavy atom. The van der Waals surface area contributed by atoms with Crippen LogP contribution in [0, 0.1) is 0 Å². The number of H-pyrrole nitrogens is 2.